The number of methoxy groups -OCH3 is 1. The van der Waals surface area contributed by atoms with Crippen LogP contribution in [0.15, 0.2) is 103 Å². The molecule has 4 aromatic carbocycles. The van der Waals surface area contributed by atoms with Gasteiger partial charge in [0.05, 0.1) is 7.11 Å². The Morgan fingerprint density at radius 1 is 0.850 bits per heavy atom. The average Bonchev–Trinajstić information content (AvgIpc) is 2.99. The van der Waals surface area contributed by atoms with Crippen LogP contribution in [0.25, 0.3) is 0 Å². The number of hydrogen-bond acceptors (Lipinski definition) is 4. The number of carbonyl (C=O) groups is 1. The molecule has 0 saturated carbocycles. The van der Waals surface area contributed by atoms with E-state index >= 15 is 0 Å². The molecule has 0 aliphatic carbocycles. The van der Waals surface area contributed by atoms with Gasteiger partial charge in [-0.3, -0.25) is 4.90 Å². The highest BCUT2D eigenvalue weighted by molar-refractivity contribution is 6.30. The van der Waals surface area contributed by atoms with Crippen molar-refractivity contribution in [2.45, 2.75) is 32.0 Å². The van der Waals surface area contributed by atoms with E-state index < -0.39 is 0 Å². The summed E-state index contributed by atoms with van der Waals surface area (Å²) in [6.07, 6.45) is 1.81. The number of rotatable bonds is 9. The Balaban J connectivity index is 1.30. The molecule has 1 N–H and O–H groups in total. The topological polar surface area (TPSA) is 54.0 Å². The van der Waals surface area contributed by atoms with Gasteiger partial charge in [0.15, 0.2) is 0 Å². The van der Waals surface area contributed by atoms with E-state index in [0.717, 1.165) is 49.5 Å². The molecule has 0 unspecified atom stereocenters. The third kappa shape index (κ3) is 7.56. The number of nitrogens with zero attached hydrogens (tertiary/aromatic N) is 2. The maximum atomic E-state index is 13.7. The minimum Gasteiger partial charge on any atom is -0.497 e. The van der Waals surface area contributed by atoms with Crippen molar-refractivity contribution in [1.29, 1.82) is 0 Å². The molecule has 5 rings (SSSR count). The molecular weight excluding hydrogens is 522 g/mol. The Labute approximate surface area is 241 Å². The van der Waals surface area contributed by atoms with Crippen LogP contribution in [0.4, 0.5) is 10.5 Å². The zero-order valence-corrected chi connectivity index (χ0v) is 23.4. The molecule has 0 aromatic heterocycles. The third-order valence-electron chi connectivity index (χ3n) is 7.15. The minimum absolute atomic E-state index is 0.115. The monoisotopic (exact) mass is 555 g/mol. The number of anilines is 1. The molecule has 1 heterocycles. The lowest BCUT2D eigenvalue weighted by atomic mass is 10.0. The maximum Gasteiger partial charge on any atom is 0.322 e. The lowest BCUT2D eigenvalue weighted by Crippen LogP contribution is -2.48. The molecule has 1 fully saturated rings. The first kappa shape index (κ1) is 27.6. The molecule has 2 amide bonds. The minimum atomic E-state index is -0.115. The van der Waals surface area contributed by atoms with Crippen LogP contribution in [-0.4, -0.2) is 42.1 Å². The highest BCUT2D eigenvalue weighted by Crippen LogP contribution is 2.27. The highest BCUT2D eigenvalue weighted by atomic mass is 35.5. The molecule has 0 bridgehead atoms. The second-order valence-corrected chi connectivity index (χ2v) is 10.4. The predicted octanol–water partition coefficient (Wildman–Crippen LogP) is 7.84. The number of likely N-dealkylation sites (tertiary alicyclic amines) is 1. The van der Waals surface area contributed by atoms with Gasteiger partial charge in [-0.2, -0.15) is 0 Å². The van der Waals surface area contributed by atoms with Crippen LogP contribution in [0.5, 0.6) is 17.2 Å². The molecule has 7 heteroatoms. The number of piperidine rings is 1. The summed E-state index contributed by atoms with van der Waals surface area (Å²) in [5, 5.41) is 3.76. The first-order chi connectivity index (χ1) is 19.6. The van der Waals surface area contributed by atoms with Crippen molar-refractivity contribution in [3.05, 3.63) is 119 Å². The number of amides is 2. The number of halogens is 1. The van der Waals surface area contributed by atoms with Crippen LogP contribution in [0, 0.1) is 0 Å². The zero-order valence-electron chi connectivity index (χ0n) is 22.6. The van der Waals surface area contributed by atoms with Gasteiger partial charge in [-0.15, -0.1) is 0 Å². The highest BCUT2D eigenvalue weighted by Gasteiger charge is 2.28. The second-order valence-electron chi connectivity index (χ2n) is 9.98. The first-order valence-corrected chi connectivity index (χ1v) is 13.9. The lowest BCUT2D eigenvalue weighted by Gasteiger charge is -2.38. The fraction of sp³-hybridized carbons (Fsp3) is 0.242. The smallest absolute Gasteiger partial charge is 0.322 e. The van der Waals surface area contributed by atoms with Gasteiger partial charge in [0.1, 0.15) is 17.2 Å². The normalized spacial score (nSPS) is 13.9. The van der Waals surface area contributed by atoms with Crippen LogP contribution in [0.1, 0.15) is 24.0 Å². The summed E-state index contributed by atoms with van der Waals surface area (Å²) in [6.45, 7) is 3.27. The van der Waals surface area contributed by atoms with Gasteiger partial charge in [-0.05, 0) is 84.6 Å². The molecule has 0 radical (unpaired) electrons. The summed E-state index contributed by atoms with van der Waals surface area (Å²) in [5.41, 5.74) is 3.05. The predicted molar refractivity (Wildman–Crippen MR) is 160 cm³/mol. The molecule has 1 saturated heterocycles. The van der Waals surface area contributed by atoms with Crippen molar-refractivity contribution in [2.24, 2.45) is 0 Å². The van der Waals surface area contributed by atoms with Crippen molar-refractivity contribution in [2.75, 3.05) is 25.5 Å². The van der Waals surface area contributed by atoms with E-state index in [9.17, 15) is 4.79 Å². The maximum absolute atomic E-state index is 13.7. The van der Waals surface area contributed by atoms with Gasteiger partial charge >= 0.3 is 6.03 Å². The summed E-state index contributed by atoms with van der Waals surface area (Å²) in [5.74, 6) is 2.17. The molecule has 40 heavy (non-hydrogen) atoms. The van der Waals surface area contributed by atoms with Gasteiger partial charge in [-0.1, -0.05) is 54.1 Å². The van der Waals surface area contributed by atoms with Gasteiger partial charge < -0.3 is 19.7 Å². The van der Waals surface area contributed by atoms with E-state index in [4.69, 9.17) is 21.1 Å². The van der Waals surface area contributed by atoms with E-state index in [1.807, 2.05) is 71.6 Å². The van der Waals surface area contributed by atoms with Crippen molar-refractivity contribution in [1.82, 2.24) is 9.80 Å². The first-order valence-electron chi connectivity index (χ1n) is 13.6. The Morgan fingerprint density at radius 3 is 2.23 bits per heavy atom. The number of urea groups is 1. The number of nitrogens with one attached hydrogen (secondary N) is 1. The molecule has 1 aliphatic heterocycles. The zero-order chi connectivity index (χ0) is 27.7. The van der Waals surface area contributed by atoms with Gasteiger partial charge in [0.25, 0.3) is 0 Å². The summed E-state index contributed by atoms with van der Waals surface area (Å²) in [4.78, 5) is 18.1. The summed E-state index contributed by atoms with van der Waals surface area (Å²) in [6, 6.07) is 33.1. The molecular formula is C33H34ClN3O3. The van der Waals surface area contributed by atoms with Gasteiger partial charge in [0, 0.05) is 42.9 Å². The summed E-state index contributed by atoms with van der Waals surface area (Å²) >= 11 is 6.01. The Bertz CT molecular complexity index is 1370. The van der Waals surface area contributed by atoms with Crippen molar-refractivity contribution in [3.63, 3.8) is 0 Å². The van der Waals surface area contributed by atoms with E-state index in [2.05, 4.69) is 34.5 Å². The number of ether oxygens (including phenoxy) is 2. The van der Waals surface area contributed by atoms with Gasteiger partial charge in [0.2, 0.25) is 0 Å². The average molecular weight is 556 g/mol. The van der Waals surface area contributed by atoms with E-state index in [1.54, 1.807) is 19.2 Å². The van der Waals surface area contributed by atoms with Crippen molar-refractivity contribution >= 4 is 23.3 Å². The third-order valence-corrected chi connectivity index (χ3v) is 7.40. The Hall–Kier alpha value is -4.00. The quantitative estimate of drug-likeness (QED) is 0.228. The fourth-order valence-electron chi connectivity index (χ4n) is 5.01. The van der Waals surface area contributed by atoms with Gasteiger partial charge in [-0.25, -0.2) is 4.79 Å². The molecule has 206 valence electrons. The van der Waals surface area contributed by atoms with Crippen LogP contribution in [0.3, 0.4) is 0 Å². The Kier molecular flexibility index (Phi) is 9.22. The molecule has 1 aliphatic rings. The lowest BCUT2D eigenvalue weighted by molar-refractivity contribution is 0.120. The van der Waals surface area contributed by atoms with Crippen LogP contribution >= 0.6 is 11.6 Å². The standard InChI is InChI=1S/C33H34ClN3O3/c1-39-30-16-12-28(13-17-30)35-33(38)37(29-18-20-36(21-19-29)23-25-6-3-2-4-7-25)24-26-8-5-9-32(22-26)40-31-14-10-27(34)11-15-31/h2-17,22,29H,18-21,23-24H2,1H3,(H,35,38). The largest absolute Gasteiger partial charge is 0.497 e. The SMILES string of the molecule is COc1ccc(NC(=O)N(Cc2cccc(Oc3ccc(Cl)cc3)c2)C2CCN(Cc3ccccc3)CC2)cc1. The second kappa shape index (κ2) is 13.4. The van der Waals surface area contributed by atoms with Crippen LogP contribution < -0.4 is 14.8 Å². The fourth-order valence-corrected chi connectivity index (χ4v) is 5.14. The van der Waals surface area contributed by atoms with Crippen LogP contribution in [-0.2, 0) is 13.1 Å². The van der Waals surface area contributed by atoms with E-state index in [0.29, 0.717) is 23.1 Å². The molecule has 0 atom stereocenters. The number of hydrogen-bond donors (Lipinski definition) is 1. The Morgan fingerprint density at radius 2 is 1.52 bits per heavy atom. The van der Waals surface area contributed by atoms with E-state index in [-0.39, 0.29) is 12.1 Å². The molecule has 0 spiro atoms. The number of benzene rings is 4. The molecule has 6 nitrogen and oxygen atoms in total. The van der Waals surface area contributed by atoms with Crippen molar-refractivity contribution in [3.8, 4) is 17.2 Å². The van der Waals surface area contributed by atoms with E-state index in [1.165, 1.54) is 5.56 Å². The number of carbonyl (C=O) groups excluding carboxylic acids is 1. The summed E-state index contributed by atoms with van der Waals surface area (Å²) < 4.78 is 11.3. The van der Waals surface area contributed by atoms with Crippen LogP contribution in [0.2, 0.25) is 5.02 Å². The van der Waals surface area contributed by atoms with Crippen molar-refractivity contribution < 1.29 is 14.3 Å². The summed E-state index contributed by atoms with van der Waals surface area (Å²) in [7, 11) is 1.63. The molecule has 4 aromatic rings.